The van der Waals surface area contributed by atoms with Gasteiger partial charge in [-0.15, -0.1) is 5.10 Å². The van der Waals surface area contributed by atoms with Gasteiger partial charge in [-0.1, -0.05) is 32.0 Å². The second-order valence-corrected chi connectivity index (χ2v) is 13.2. The highest BCUT2D eigenvalue weighted by Crippen LogP contribution is 2.67. The van der Waals surface area contributed by atoms with E-state index >= 15 is 0 Å². The van der Waals surface area contributed by atoms with E-state index < -0.39 is 5.60 Å². The summed E-state index contributed by atoms with van der Waals surface area (Å²) in [4.78, 5) is 13.5. The smallest absolute Gasteiger partial charge is 0.209 e. The van der Waals surface area contributed by atoms with Crippen molar-refractivity contribution in [1.29, 1.82) is 0 Å². The Morgan fingerprint density at radius 2 is 1.84 bits per heavy atom. The number of rotatable bonds is 4. The molecule has 0 radical (unpaired) electrons. The fourth-order valence-corrected chi connectivity index (χ4v) is 9.53. The van der Waals surface area contributed by atoms with Crippen molar-refractivity contribution in [1.82, 2.24) is 20.2 Å². The van der Waals surface area contributed by atoms with Gasteiger partial charge in [0.1, 0.15) is 5.78 Å². The quantitative estimate of drug-likeness (QED) is 0.658. The van der Waals surface area contributed by atoms with Crippen molar-refractivity contribution in [2.75, 3.05) is 5.75 Å². The molecule has 7 heteroatoms. The molecule has 1 aromatic rings. The summed E-state index contributed by atoms with van der Waals surface area (Å²) < 4.78 is 1.65. The lowest BCUT2D eigenvalue weighted by atomic mass is 9.41. The van der Waals surface area contributed by atoms with Crippen LogP contribution in [0.1, 0.15) is 85.0 Å². The number of hydrogen-bond acceptors (Lipinski definition) is 6. The molecule has 4 fully saturated rings. The molecular formula is C25H40N4O2S. The maximum absolute atomic E-state index is 13.5. The lowest BCUT2D eigenvalue weighted by Gasteiger charge is -2.64. The van der Waals surface area contributed by atoms with Gasteiger partial charge in [-0.3, -0.25) is 4.79 Å². The number of carbonyl (C=O) groups excluding carboxylic acids is 1. The van der Waals surface area contributed by atoms with E-state index in [1.54, 1.807) is 4.68 Å². The molecule has 32 heavy (non-hydrogen) atoms. The van der Waals surface area contributed by atoms with Crippen molar-refractivity contribution < 1.29 is 9.90 Å². The van der Waals surface area contributed by atoms with Gasteiger partial charge in [0, 0.05) is 13.0 Å². The van der Waals surface area contributed by atoms with Crippen LogP contribution in [-0.2, 0) is 11.8 Å². The van der Waals surface area contributed by atoms with Crippen LogP contribution in [0.2, 0.25) is 0 Å². The first-order valence-electron chi connectivity index (χ1n) is 12.7. The molecule has 0 amide bonds. The van der Waals surface area contributed by atoms with Crippen LogP contribution in [0.3, 0.4) is 0 Å². The second-order valence-electron chi connectivity index (χ2n) is 12.2. The second kappa shape index (κ2) is 8.07. The van der Waals surface area contributed by atoms with E-state index in [1.165, 1.54) is 56.7 Å². The number of carbonyl (C=O) groups is 1. The highest BCUT2D eigenvalue weighted by Gasteiger charge is 2.60. The van der Waals surface area contributed by atoms with Gasteiger partial charge in [0.25, 0.3) is 0 Å². The van der Waals surface area contributed by atoms with Gasteiger partial charge < -0.3 is 5.11 Å². The topological polar surface area (TPSA) is 80.9 Å². The number of tetrazole rings is 1. The van der Waals surface area contributed by atoms with Crippen molar-refractivity contribution >= 4 is 17.5 Å². The Kier molecular flexibility index (Phi) is 5.76. The van der Waals surface area contributed by atoms with Gasteiger partial charge in [0.2, 0.25) is 5.16 Å². The standard InChI is InChI=1S/C25H40N4O2S/c1-23(31)12-13-24(2)16(14-23)8-9-17-18-6-5-7-20(25(18,3)11-10-19(17)24)21(30)15-32-22-26-27-28-29(22)4/h16-20,31H,5-15H2,1-4H3/t16-,17-,18-,19-,20+,23+,24-,25-/m0/s1. The van der Waals surface area contributed by atoms with Crippen molar-refractivity contribution in [2.24, 2.45) is 47.5 Å². The lowest BCUT2D eigenvalue weighted by molar-refractivity contribution is -0.168. The van der Waals surface area contributed by atoms with E-state index in [0.29, 0.717) is 28.8 Å². The van der Waals surface area contributed by atoms with Crippen LogP contribution in [0.4, 0.5) is 0 Å². The maximum Gasteiger partial charge on any atom is 0.209 e. The fraction of sp³-hybridized carbons (Fsp3) is 0.920. The van der Waals surface area contributed by atoms with Crippen LogP contribution in [0.5, 0.6) is 0 Å². The number of nitrogens with zero attached hydrogens (tertiary/aromatic N) is 4. The maximum atomic E-state index is 13.5. The first kappa shape index (κ1) is 22.8. The zero-order chi connectivity index (χ0) is 22.7. The van der Waals surface area contributed by atoms with Gasteiger partial charge in [0.05, 0.1) is 11.4 Å². The van der Waals surface area contributed by atoms with E-state index in [2.05, 4.69) is 29.4 Å². The van der Waals surface area contributed by atoms with Crippen LogP contribution in [0.15, 0.2) is 5.16 Å². The molecule has 0 spiro atoms. The summed E-state index contributed by atoms with van der Waals surface area (Å²) in [5.74, 6) is 3.91. The third kappa shape index (κ3) is 3.66. The lowest BCUT2D eigenvalue weighted by Crippen LogP contribution is -2.58. The largest absolute Gasteiger partial charge is 0.390 e. The Balaban J connectivity index is 1.33. The average molecular weight is 461 g/mol. The number of aliphatic hydroxyl groups is 1. The van der Waals surface area contributed by atoms with Crippen molar-refractivity contribution in [3.05, 3.63) is 0 Å². The molecule has 4 saturated carbocycles. The predicted octanol–water partition coefficient (Wildman–Crippen LogP) is 4.67. The molecule has 0 saturated heterocycles. The van der Waals surface area contributed by atoms with Gasteiger partial charge in [-0.25, -0.2) is 4.68 Å². The van der Waals surface area contributed by atoms with Gasteiger partial charge in [-0.05, 0) is 110 Å². The van der Waals surface area contributed by atoms with Crippen LogP contribution >= 0.6 is 11.8 Å². The number of Topliss-reactive ketones (excluding diaryl/α,β-unsaturated/α-hetero) is 1. The molecule has 0 aliphatic heterocycles. The molecule has 4 aliphatic carbocycles. The average Bonchev–Trinajstić information content (AvgIpc) is 3.16. The monoisotopic (exact) mass is 460 g/mol. The Morgan fingerprint density at radius 3 is 2.59 bits per heavy atom. The van der Waals surface area contributed by atoms with Gasteiger partial charge in [-0.2, -0.15) is 0 Å². The minimum absolute atomic E-state index is 0.137. The molecule has 6 nitrogen and oxygen atoms in total. The highest BCUT2D eigenvalue weighted by atomic mass is 32.2. The summed E-state index contributed by atoms with van der Waals surface area (Å²) in [5, 5.41) is 23.1. The number of hydrogen-bond donors (Lipinski definition) is 1. The molecule has 0 unspecified atom stereocenters. The molecule has 1 aromatic heterocycles. The first-order valence-corrected chi connectivity index (χ1v) is 13.7. The molecule has 8 atom stereocenters. The molecule has 0 bridgehead atoms. The Hall–Kier alpha value is -0.950. The summed E-state index contributed by atoms with van der Waals surface area (Å²) in [6, 6.07) is 0. The molecule has 1 heterocycles. The third-order valence-electron chi connectivity index (χ3n) is 10.5. The molecule has 178 valence electrons. The summed E-state index contributed by atoms with van der Waals surface area (Å²) in [7, 11) is 1.83. The van der Waals surface area contributed by atoms with Crippen molar-refractivity contribution in [3.8, 4) is 0 Å². The minimum atomic E-state index is -0.474. The van der Waals surface area contributed by atoms with Crippen LogP contribution in [0.25, 0.3) is 0 Å². The van der Waals surface area contributed by atoms with Crippen molar-refractivity contribution in [2.45, 2.75) is 95.7 Å². The van der Waals surface area contributed by atoms with Crippen LogP contribution in [-0.4, -0.2) is 42.5 Å². The van der Waals surface area contributed by atoms with Crippen molar-refractivity contribution in [3.63, 3.8) is 0 Å². The van der Waals surface area contributed by atoms with E-state index in [1.807, 2.05) is 14.0 Å². The van der Waals surface area contributed by atoms with E-state index in [-0.39, 0.29) is 11.3 Å². The Labute approximate surface area is 196 Å². The van der Waals surface area contributed by atoms with E-state index in [0.717, 1.165) is 36.3 Å². The van der Waals surface area contributed by atoms with Gasteiger partial charge in [0.15, 0.2) is 0 Å². The molecule has 5 rings (SSSR count). The number of fused-ring (bicyclic) bond motifs is 5. The summed E-state index contributed by atoms with van der Waals surface area (Å²) in [6.45, 7) is 7.04. The molecule has 1 N–H and O–H groups in total. The minimum Gasteiger partial charge on any atom is -0.390 e. The van der Waals surface area contributed by atoms with Crippen LogP contribution < -0.4 is 0 Å². The Morgan fingerprint density at radius 1 is 1.06 bits per heavy atom. The summed E-state index contributed by atoms with van der Waals surface area (Å²) in [6.07, 6.45) is 11.6. The number of thioether (sulfide) groups is 1. The van der Waals surface area contributed by atoms with E-state index in [4.69, 9.17) is 0 Å². The molecule has 4 aliphatic rings. The third-order valence-corrected chi connectivity index (χ3v) is 11.5. The SMILES string of the molecule is Cn1nnnc1SCC(=O)[C@H]1CCC[C@H]2[C@@H]3CC[C@H]4C[C@](C)(O)CC[C@]4(C)[C@H]3CC[C@]12C. The van der Waals surface area contributed by atoms with Gasteiger partial charge >= 0.3 is 0 Å². The van der Waals surface area contributed by atoms with Crippen LogP contribution in [0, 0.1) is 40.4 Å². The first-order chi connectivity index (χ1) is 15.1. The normalized spacial score (nSPS) is 46.1. The fourth-order valence-electron chi connectivity index (χ4n) is 8.74. The zero-order valence-electron chi connectivity index (χ0n) is 20.2. The summed E-state index contributed by atoms with van der Waals surface area (Å²) >= 11 is 1.48. The van der Waals surface area contributed by atoms with E-state index in [9.17, 15) is 9.90 Å². The number of aromatic nitrogens is 4. The molecule has 0 aromatic carbocycles. The highest BCUT2D eigenvalue weighted by molar-refractivity contribution is 7.99. The Bertz CT molecular complexity index is 872. The summed E-state index contributed by atoms with van der Waals surface area (Å²) in [5.41, 5.74) is 0.0362. The number of ketones is 1. The predicted molar refractivity (Wildman–Crippen MR) is 125 cm³/mol. The molecular weight excluding hydrogens is 420 g/mol. The number of aryl methyl sites for hydroxylation is 1. The zero-order valence-corrected chi connectivity index (χ0v) is 21.0.